The average Bonchev–Trinajstić information content (AvgIpc) is 2.63. The topological polar surface area (TPSA) is 58.6 Å². The van der Waals surface area contributed by atoms with Gasteiger partial charge in [0.1, 0.15) is 11.8 Å². The molecule has 1 aliphatic rings. The van der Waals surface area contributed by atoms with Crippen LogP contribution in [-0.4, -0.2) is 36.9 Å². The van der Waals surface area contributed by atoms with E-state index in [1.54, 1.807) is 30.2 Å². The Balaban J connectivity index is 1.83. The molecule has 1 atom stereocenters. The van der Waals surface area contributed by atoms with Crippen molar-refractivity contribution >= 4 is 23.4 Å². The molecule has 1 saturated heterocycles. The average molecular weight is 359 g/mol. The highest BCUT2D eigenvalue weighted by Gasteiger charge is 2.35. The number of benzene rings is 2. The zero-order valence-electron chi connectivity index (χ0n) is 13.9. The van der Waals surface area contributed by atoms with Crippen molar-refractivity contribution in [2.75, 3.05) is 20.2 Å². The minimum Gasteiger partial charge on any atom is -0.497 e. The molecule has 6 heteroatoms. The lowest BCUT2D eigenvalue weighted by molar-refractivity contribution is -0.143. The van der Waals surface area contributed by atoms with Gasteiger partial charge in [-0.15, -0.1) is 0 Å². The van der Waals surface area contributed by atoms with Crippen molar-refractivity contribution in [1.29, 1.82) is 0 Å². The molecule has 1 aliphatic heterocycles. The van der Waals surface area contributed by atoms with E-state index in [1.807, 2.05) is 30.3 Å². The van der Waals surface area contributed by atoms with E-state index in [1.165, 1.54) is 0 Å². The van der Waals surface area contributed by atoms with Gasteiger partial charge in [0.05, 0.1) is 13.5 Å². The van der Waals surface area contributed by atoms with E-state index in [0.29, 0.717) is 23.7 Å². The third-order valence-electron chi connectivity index (χ3n) is 4.25. The van der Waals surface area contributed by atoms with Crippen molar-refractivity contribution in [3.05, 3.63) is 64.7 Å². The summed E-state index contributed by atoms with van der Waals surface area (Å²) in [5.41, 5.74) is 1.51. The lowest BCUT2D eigenvalue weighted by Gasteiger charge is -2.35. The molecule has 130 valence electrons. The first-order chi connectivity index (χ1) is 12.1. The van der Waals surface area contributed by atoms with Gasteiger partial charge in [-0.25, -0.2) is 0 Å². The highest BCUT2D eigenvalue weighted by molar-refractivity contribution is 6.31. The monoisotopic (exact) mass is 358 g/mol. The lowest BCUT2D eigenvalue weighted by atomic mass is 10.0. The second-order valence-corrected chi connectivity index (χ2v) is 6.23. The Labute approximate surface area is 151 Å². The molecule has 2 amide bonds. The number of methoxy groups -OCH3 is 1. The number of carbonyl (C=O) groups excluding carboxylic acids is 2. The first-order valence-electron chi connectivity index (χ1n) is 8.04. The maximum atomic E-state index is 12.8. The number of amides is 2. The molecule has 0 bridgehead atoms. The van der Waals surface area contributed by atoms with Crippen molar-refractivity contribution in [1.82, 2.24) is 10.2 Å². The normalized spacial score (nSPS) is 17.1. The zero-order chi connectivity index (χ0) is 17.8. The van der Waals surface area contributed by atoms with Gasteiger partial charge < -0.3 is 15.0 Å². The summed E-state index contributed by atoms with van der Waals surface area (Å²) in [4.78, 5) is 26.9. The maximum Gasteiger partial charge on any atom is 0.247 e. The number of halogens is 1. The third kappa shape index (κ3) is 3.77. The second-order valence-electron chi connectivity index (χ2n) is 5.83. The van der Waals surface area contributed by atoms with Crippen molar-refractivity contribution < 1.29 is 14.3 Å². The summed E-state index contributed by atoms with van der Waals surface area (Å²) >= 11 is 6.25. The number of ether oxygens (including phenoxy) is 1. The predicted molar refractivity (Wildman–Crippen MR) is 95.6 cm³/mol. The summed E-state index contributed by atoms with van der Waals surface area (Å²) < 4.78 is 5.13. The van der Waals surface area contributed by atoms with Gasteiger partial charge in [-0.1, -0.05) is 41.9 Å². The van der Waals surface area contributed by atoms with E-state index >= 15 is 0 Å². The van der Waals surface area contributed by atoms with Crippen LogP contribution >= 0.6 is 11.6 Å². The standard InChI is InChI=1S/C19H19ClN2O3/c1-25-14-8-6-13(7-9-14)12-17(23)22-11-10-21-19(24)18(22)15-4-2-3-5-16(15)20/h2-9,18H,10-12H2,1H3,(H,21,24). The van der Waals surface area contributed by atoms with Crippen LogP contribution in [0.1, 0.15) is 17.2 Å². The number of hydrogen-bond donors (Lipinski definition) is 1. The largest absolute Gasteiger partial charge is 0.497 e. The van der Waals surface area contributed by atoms with Crippen molar-refractivity contribution in [2.24, 2.45) is 0 Å². The Bertz CT molecular complexity index is 776. The molecule has 2 aromatic carbocycles. The first kappa shape index (κ1) is 17.3. The molecule has 0 aromatic heterocycles. The number of nitrogens with zero attached hydrogens (tertiary/aromatic N) is 1. The van der Waals surface area contributed by atoms with Crippen LogP contribution in [0.4, 0.5) is 0 Å². The lowest BCUT2D eigenvalue weighted by Crippen LogP contribution is -2.52. The fraction of sp³-hybridized carbons (Fsp3) is 0.263. The molecule has 2 aromatic rings. The van der Waals surface area contributed by atoms with Crippen LogP contribution in [0.5, 0.6) is 5.75 Å². The van der Waals surface area contributed by atoms with Crippen LogP contribution in [-0.2, 0) is 16.0 Å². The number of piperazine rings is 1. The SMILES string of the molecule is COc1ccc(CC(=O)N2CCNC(=O)C2c2ccccc2Cl)cc1. The van der Waals surface area contributed by atoms with Gasteiger partial charge in [-0.2, -0.15) is 0 Å². The van der Waals surface area contributed by atoms with Gasteiger partial charge in [0.2, 0.25) is 11.8 Å². The second kappa shape index (κ2) is 7.57. The van der Waals surface area contributed by atoms with Crippen molar-refractivity contribution in [3.63, 3.8) is 0 Å². The van der Waals surface area contributed by atoms with Gasteiger partial charge in [0, 0.05) is 23.7 Å². The van der Waals surface area contributed by atoms with Crippen LogP contribution in [0.2, 0.25) is 5.02 Å². The quantitative estimate of drug-likeness (QED) is 0.914. The molecule has 0 saturated carbocycles. The van der Waals surface area contributed by atoms with Crippen molar-refractivity contribution in [2.45, 2.75) is 12.5 Å². The zero-order valence-corrected chi connectivity index (χ0v) is 14.6. The highest BCUT2D eigenvalue weighted by atomic mass is 35.5. The highest BCUT2D eigenvalue weighted by Crippen LogP contribution is 2.29. The minimum absolute atomic E-state index is 0.107. The van der Waals surface area contributed by atoms with Gasteiger partial charge in [-0.3, -0.25) is 9.59 Å². The van der Waals surface area contributed by atoms with Crippen LogP contribution in [0, 0.1) is 0 Å². The van der Waals surface area contributed by atoms with Gasteiger partial charge >= 0.3 is 0 Å². The molecular weight excluding hydrogens is 340 g/mol. The van der Waals surface area contributed by atoms with Gasteiger partial charge in [0.15, 0.2) is 0 Å². The Kier molecular flexibility index (Phi) is 5.24. The summed E-state index contributed by atoms with van der Waals surface area (Å²) in [6.45, 7) is 0.894. The molecule has 1 unspecified atom stereocenters. The van der Waals surface area contributed by atoms with E-state index in [-0.39, 0.29) is 18.2 Å². The third-order valence-corrected chi connectivity index (χ3v) is 4.59. The van der Waals surface area contributed by atoms with E-state index in [9.17, 15) is 9.59 Å². The van der Waals surface area contributed by atoms with E-state index < -0.39 is 6.04 Å². The van der Waals surface area contributed by atoms with Gasteiger partial charge in [0.25, 0.3) is 0 Å². The molecular formula is C19H19ClN2O3. The van der Waals surface area contributed by atoms with E-state index in [2.05, 4.69) is 5.32 Å². The first-order valence-corrected chi connectivity index (χ1v) is 8.42. The van der Waals surface area contributed by atoms with Crippen molar-refractivity contribution in [3.8, 4) is 5.75 Å². The van der Waals surface area contributed by atoms with Crippen LogP contribution in [0.25, 0.3) is 0 Å². The number of nitrogens with one attached hydrogen (secondary N) is 1. The molecule has 1 fully saturated rings. The molecule has 25 heavy (non-hydrogen) atoms. The maximum absolute atomic E-state index is 12.8. The van der Waals surface area contributed by atoms with Crippen LogP contribution in [0.3, 0.4) is 0 Å². The summed E-state index contributed by atoms with van der Waals surface area (Å²) in [5, 5.41) is 3.29. The molecule has 0 aliphatic carbocycles. The molecule has 0 radical (unpaired) electrons. The summed E-state index contributed by atoms with van der Waals surface area (Å²) in [6.07, 6.45) is 0.220. The number of carbonyl (C=O) groups is 2. The molecule has 3 rings (SSSR count). The fourth-order valence-electron chi connectivity index (χ4n) is 2.96. The molecule has 0 spiro atoms. The molecule has 1 N–H and O–H groups in total. The van der Waals surface area contributed by atoms with Crippen LogP contribution in [0.15, 0.2) is 48.5 Å². The fourth-order valence-corrected chi connectivity index (χ4v) is 3.20. The number of hydrogen-bond acceptors (Lipinski definition) is 3. The van der Waals surface area contributed by atoms with Gasteiger partial charge in [-0.05, 0) is 23.8 Å². The Morgan fingerprint density at radius 2 is 1.96 bits per heavy atom. The van der Waals surface area contributed by atoms with E-state index in [4.69, 9.17) is 16.3 Å². The molecule has 5 nitrogen and oxygen atoms in total. The van der Waals surface area contributed by atoms with E-state index in [0.717, 1.165) is 11.3 Å². The summed E-state index contributed by atoms with van der Waals surface area (Å²) in [6, 6.07) is 13.8. The van der Waals surface area contributed by atoms with Crippen LogP contribution < -0.4 is 10.1 Å². The molecule has 1 heterocycles. The minimum atomic E-state index is -0.701. The Morgan fingerprint density at radius 3 is 2.64 bits per heavy atom. The Morgan fingerprint density at radius 1 is 1.24 bits per heavy atom. The number of rotatable bonds is 4. The Hall–Kier alpha value is -2.53. The predicted octanol–water partition coefficient (Wildman–Crippen LogP) is 2.59. The summed E-state index contributed by atoms with van der Waals surface area (Å²) in [5.74, 6) is 0.426. The smallest absolute Gasteiger partial charge is 0.247 e. The summed E-state index contributed by atoms with van der Waals surface area (Å²) in [7, 11) is 1.60.